The van der Waals surface area contributed by atoms with E-state index in [-0.39, 0.29) is 5.75 Å². The zero-order chi connectivity index (χ0) is 13.8. The fraction of sp³-hybridized carbons (Fsp3) is 0.300. The summed E-state index contributed by atoms with van der Waals surface area (Å²) in [6.45, 7) is 1.30. The molecule has 0 saturated carbocycles. The second-order valence-electron chi connectivity index (χ2n) is 3.67. The van der Waals surface area contributed by atoms with E-state index in [2.05, 4.69) is 0 Å². The molecular weight excluding hydrogens is 259 g/mol. The Morgan fingerprint density at radius 3 is 2.50 bits per heavy atom. The molecule has 0 aromatic heterocycles. The summed E-state index contributed by atoms with van der Waals surface area (Å²) in [5.41, 5.74) is 5.31. The van der Waals surface area contributed by atoms with Gasteiger partial charge in [0.05, 0.1) is 6.10 Å². The van der Waals surface area contributed by atoms with Crippen LogP contribution in [0.15, 0.2) is 30.3 Å². The largest absolute Gasteiger partial charge is 0.486 e. The van der Waals surface area contributed by atoms with Crippen LogP contribution in [-0.4, -0.2) is 28.1 Å². The first-order valence-corrected chi connectivity index (χ1v) is 6.73. The number of carbonyl (C=O) groups excluding carboxylic acids is 1. The smallest absolute Gasteiger partial charge is 0.409 e. The summed E-state index contributed by atoms with van der Waals surface area (Å²) in [4.78, 5) is 20.8. The van der Waals surface area contributed by atoms with E-state index in [0.29, 0.717) is 0 Å². The van der Waals surface area contributed by atoms with Gasteiger partial charge in [0.2, 0.25) is 5.91 Å². The van der Waals surface area contributed by atoms with E-state index in [4.69, 9.17) is 15.4 Å². The van der Waals surface area contributed by atoms with Crippen molar-refractivity contribution < 1.29 is 23.9 Å². The molecule has 0 aliphatic carbocycles. The average Bonchev–Trinajstić information content (AvgIpc) is 2.27. The van der Waals surface area contributed by atoms with E-state index in [9.17, 15) is 14.3 Å². The van der Waals surface area contributed by atoms with E-state index in [0.717, 1.165) is 0 Å². The van der Waals surface area contributed by atoms with Crippen molar-refractivity contribution >= 4 is 13.7 Å². The number of nitrogens with two attached hydrogens (primary N) is 1. The Bertz CT molecular complexity index is 451. The molecular formula is C10H15N2O5P. The number of aliphatic hydroxyl groups is 1. The minimum atomic E-state index is -4.35. The molecule has 1 unspecified atom stereocenters. The lowest BCUT2D eigenvalue weighted by atomic mass is 10.2. The predicted octanol–water partition coefficient (Wildman–Crippen LogP) is -0.00990. The third-order valence-electron chi connectivity index (χ3n) is 2.05. The van der Waals surface area contributed by atoms with Crippen LogP contribution in [0.2, 0.25) is 0 Å². The maximum atomic E-state index is 11.6. The highest BCUT2D eigenvalue weighted by atomic mass is 31.2. The zero-order valence-electron chi connectivity index (χ0n) is 9.69. The third kappa shape index (κ3) is 4.46. The second kappa shape index (κ2) is 5.97. The molecule has 1 amide bonds. The van der Waals surface area contributed by atoms with Gasteiger partial charge in [0.1, 0.15) is 11.8 Å². The number of amides is 1. The number of rotatable bonds is 5. The van der Waals surface area contributed by atoms with Gasteiger partial charge in [-0.2, -0.15) is 0 Å². The van der Waals surface area contributed by atoms with Gasteiger partial charge in [-0.15, -0.1) is 0 Å². The van der Waals surface area contributed by atoms with Crippen LogP contribution in [0.5, 0.6) is 5.75 Å². The van der Waals surface area contributed by atoms with E-state index >= 15 is 0 Å². The van der Waals surface area contributed by atoms with E-state index in [1.807, 2.05) is 0 Å². The van der Waals surface area contributed by atoms with Crippen molar-refractivity contribution in [1.29, 1.82) is 0 Å². The van der Waals surface area contributed by atoms with Crippen LogP contribution in [-0.2, 0) is 9.36 Å². The summed E-state index contributed by atoms with van der Waals surface area (Å²) in [6.07, 6.45) is -1.14. The number of nitrogens with one attached hydrogen (secondary N) is 1. The van der Waals surface area contributed by atoms with Crippen LogP contribution >= 0.6 is 7.75 Å². The van der Waals surface area contributed by atoms with Crippen LogP contribution in [0.25, 0.3) is 0 Å². The quantitative estimate of drug-likeness (QED) is 0.560. The molecule has 0 aliphatic rings. The standard InChI is InChI=1S/C10H15N2O5P/c1-7(13)9(11)10(14)12-18(15,16)17-8-5-3-2-4-6-8/h2-7,9,13H,11H2,1H3,(H2,12,14,15,16)/t7-,9+/m1/s1. The molecule has 0 radical (unpaired) electrons. The zero-order valence-corrected chi connectivity index (χ0v) is 10.6. The fourth-order valence-corrected chi connectivity index (χ4v) is 1.96. The van der Waals surface area contributed by atoms with Crippen molar-refractivity contribution in [1.82, 2.24) is 5.09 Å². The van der Waals surface area contributed by atoms with Gasteiger partial charge in [0, 0.05) is 0 Å². The molecule has 1 aromatic carbocycles. The molecule has 5 N–H and O–H groups in total. The fourth-order valence-electron chi connectivity index (χ4n) is 1.08. The number of hydrogen-bond acceptors (Lipinski definition) is 5. The van der Waals surface area contributed by atoms with Gasteiger partial charge in [0.25, 0.3) is 0 Å². The first kappa shape index (κ1) is 14.7. The molecule has 1 aromatic rings. The van der Waals surface area contributed by atoms with E-state index < -0.39 is 25.8 Å². The lowest BCUT2D eigenvalue weighted by molar-refractivity contribution is -0.122. The Labute approximate surface area is 104 Å². The second-order valence-corrected chi connectivity index (χ2v) is 5.11. The molecule has 7 nitrogen and oxygen atoms in total. The Hall–Kier alpha value is -1.40. The Balaban J connectivity index is 2.65. The molecule has 0 spiro atoms. The highest BCUT2D eigenvalue weighted by Crippen LogP contribution is 2.37. The number of benzene rings is 1. The molecule has 0 saturated heterocycles. The van der Waals surface area contributed by atoms with Crippen LogP contribution in [0.3, 0.4) is 0 Å². The Kier molecular flexibility index (Phi) is 4.86. The minimum absolute atomic E-state index is 0.134. The predicted molar refractivity (Wildman–Crippen MR) is 64.7 cm³/mol. The summed E-state index contributed by atoms with van der Waals surface area (Å²) in [6, 6.07) is 6.55. The lowest BCUT2D eigenvalue weighted by Gasteiger charge is -2.18. The van der Waals surface area contributed by atoms with Crippen molar-refractivity contribution in [2.24, 2.45) is 5.73 Å². The molecule has 0 heterocycles. The van der Waals surface area contributed by atoms with E-state index in [1.54, 1.807) is 23.3 Å². The highest BCUT2D eigenvalue weighted by Gasteiger charge is 2.29. The molecule has 8 heteroatoms. The molecule has 0 fully saturated rings. The third-order valence-corrected chi connectivity index (χ3v) is 3.01. The average molecular weight is 274 g/mol. The maximum Gasteiger partial charge on any atom is 0.486 e. The van der Waals surface area contributed by atoms with Crippen molar-refractivity contribution in [3.05, 3.63) is 30.3 Å². The maximum absolute atomic E-state index is 11.6. The first-order valence-electron chi connectivity index (χ1n) is 5.15. The van der Waals surface area contributed by atoms with Crippen LogP contribution < -0.4 is 15.3 Å². The van der Waals surface area contributed by atoms with Crippen LogP contribution in [0, 0.1) is 0 Å². The summed E-state index contributed by atoms with van der Waals surface area (Å²) < 4.78 is 16.3. The Morgan fingerprint density at radius 2 is 2.00 bits per heavy atom. The van der Waals surface area contributed by atoms with Crippen molar-refractivity contribution in [2.45, 2.75) is 19.1 Å². The number of carbonyl (C=O) groups is 1. The van der Waals surface area contributed by atoms with Gasteiger partial charge in [-0.3, -0.25) is 14.8 Å². The summed E-state index contributed by atoms with van der Waals surface area (Å²) >= 11 is 0. The summed E-state index contributed by atoms with van der Waals surface area (Å²) in [5.74, 6) is -0.832. The number of aliphatic hydroxyl groups excluding tert-OH is 1. The lowest BCUT2D eigenvalue weighted by Crippen LogP contribution is -2.46. The van der Waals surface area contributed by atoms with Gasteiger partial charge >= 0.3 is 7.75 Å². The monoisotopic (exact) mass is 274 g/mol. The van der Waals surface area contributed by atoms with E-state index in [1.165, 1.54) is 19.1 Å². The molecule has 1 rings (SSSR count). The molecule has 0 aliphatic heterocycles. The summed E-state index contributed by atoms with van der Waals surface area (Å²) in [5, 5.41) is 10.8. The van der Waals surface area contributed by atoms with Crippen molar-refractivity contribution in [3.63, 3.8) is 0 Å². The SMILES string of the molecule is C[C@@H](O)[C@H](N)C(=O)NP(=O)(O)Oc1ccccc1. The van der Waals surface area contributed by atoms with Gasteiger partial charge in [0.15, 0.2) is 0 Å². The number of para-hydroxylation sites is 1. The van der Waals surface area contributed by atoms with Gasteiger partial charge < -0.3 is 15.4 Å². The molecule has 18 heavy (non-hydrogen) atoms. The van der Waals surface area contributed by atoms with Crippen LogP contribution in [0.4, 0.5) is 0 Å². The van der Waals surface area contributed by atoms with Gasteiger partial charge in [-0.1, -0.05) is 18.2 Å². The van der Waals surface area contributed by atoms with Crippen molar-refractivity contribution in [2.75, 3.05) is 0 Å². The minimum Gasteiger partial charge on any atom is -0.409 e. The molecule has 0 bridgehead atoms. The molecule has 100 valence electrons. The normalized spacial score (nSPS) is 17.3. The van der Waals surface area contributed by atoms with Gasteiger partial charge in [-0.05, 0) is 19.1 Å². The topological polar surface area (TPSA) is 122 Å². The van der Waals surface area contributed by atoms with Crippen LogP contribution in [0.1, 0.15) is 6.92 Å². The Morgan fingerprint density at radius 1 is 1.44 bits per heavy atom. The highest BCUT2D eigenvalue weighted by molar-refractivity contribution is 7.51. The molecule has 3 atom stereocenters. The van der Waals surface area contributed by atoms with Crippen molar-refractivity contribution in [3.8, 4) is 5.75 Å². The first-order chi connectivity index (χ1) is 8.32. The van der Waals surface area contributed by atoms with Gasteiger partial charge in [-0.25, -0.2) is 4.57 Å². The number of hydrogen-bond donors (Lipinski definition) is 4. The summed E-state index contributed by atoms with van der Waals surface area (Å²) in [7, 11) is -4.35.